The van der Waals surface area contributed by atoms with Gasteiger partial charge in [-0.3, -0.25) is 35.3 Å². The molecule has 2 amide bonds. The molecular formula is C23H19N5O6S. The minimum atomic E-state index is -4.08. The number of H-pyrrole nitrogens is 1. The average molecular weight is 494 g/mol. The van der Waals surface area contributed by atoms with Gasteiger partial charge in [0.2, 0.25) is 5.91 Å². The van der Waals surface area contributed by atoms with Gasteiger partial charge in [0.05, 0.1) is 16.2 Å². The Kier molecular flexibility index (Phi) is 6.46. The number of hydrazine groups is 1. The summed E-state index contributed by atoms with van der Waals surface area (Å²) in [6.07, 6.45) is 1.79. The Bertz CT molecular complexity index is 1530. The third-order valence-corrected chi connectivity index (χ3v) is 6.46. The highest BCUT2D eigenvalue weighted by atomic mass is 32.2. The van der Waals surface area contributed by atoms with Gasteiger partial charge in [-0.25, -0.2) is 8.42 Å². The van der Waals surface area contributed by atoms with E-state index in [2.05, 4.69) is 20.6 Å². The Balaban J connectivity index is 1.35. The van der Waals surface area contributed by atoms with Crippen molar-refractivity contribution in [2.24, 2.45) is 0 Å². The molecule has 0 aliphatic carbocycles. The number of nitrogens with one attached hydrogen (secondary N) is 4. The number of aromatic nitrogens is 1. The maximum atomic E-state index is 12.5. The van der Waals surface area contributed by atoms with E-state index in [4.69, 9.17) is 0 Å². The van der Waals surface area contributed by atoms with Crippen LogP contribution in [-0.2, 0) is 21.2 Å². The van der Waals surface area contributed by atoms with E-state index in [0.29, 0.717) is 0 Å². The standard InChI is InChI=1S/C23H19N5O6S/c29-22(12-16-14-24-21-7-2-1-6-20(16)21)25-26-23(30)15-8-10-17(11-9-15)27-35(33,34)19-5-3-4-18(13-19)28(31)32/h1-11,13-14,24,27H,12H2,(H,25,29)(H,26,30). The predicted molar refractivity (Wildman–Crippen MR) is 128 cm³/mol. The number of carbonyl (C=O) groups excluding carboxylic acids is 2. The molecule has 1 aromatic heterocycles. The Labute approximate surface area is 199 Å². The fourth-order valence-electron chi connectivity index (χ4n) is 3.36. The van der Waals surface area contributed by atoms with Crippen LogP contribution in [0.3, 0.4) is 0 Å². The van der Waals surface area contributed by atoms with Crippen LogP contribution >= 0.6 is 0 Å². The van der Waals surface area contributed by atoms with Crippen LogP contribution in [0.15, 0.2) is 83.9 Å². The molecule has 0 saturated carbocycles. The van der Waals surface area contributed by atoms with Crippen LogP contribution in [0.4, 0.5) is 11.4 Å². The van der Waals surface area contributed by atoms with Crippen LogP contribution in [0.2, 0.25) is 0 Å². The summed E-state index contributed by atoms with van der Waals surface area (Å²) in [6.45, 7) is 0. The number of nitrogens with zero attached hydrogens (tertiary/aromatic N) is 1. The number of fused-ring (bicyclic) bond motifs is 1. The predicted octanol–water partition coefficient (Wildman–Crippen LogP) is 2.88. The lowest BCUT2D eigenvalue weighted by Crippen LogP contribution is -2.42. The summed E-state index contributed by atoms with van der Waals surface area (Å²) < 4.78 is 27.3. The highest BCUT2D eigenvalue weighted by Gasteiger charge is 2.18. The van der Waals surface area contributed by atoms with E-state index in [9.17, 15) is 28.1 Å². The van der Waals surface area contributed by atoms with Gasteiger partial charge in [-0.1, -0.05) is 24.3 Å². The molecule has 0 bridgehead atoms. The zero-order valence-corrected chi connectivity index (χ0v) is 18.8. The van der Waals surface area contributed by atoms with E-state index >= 15 is 0 Å². The normalized spacial score (nSPS) is 11.1. The molecule has 0 aliphatic rings. The molecule has 0 fully saturated rings. The third-order valence-electron chi connectivity index (χ3n) is 5.08. The molecule has 3 aromatic carbocycles. The van der Waals surface area contributed by atoms with Crippen molar-refractivity contribution in [3.8, 4) is 0 Å². The fourth-order valence-corrected chi connectivity index (χ4v) is 4.46. The number of anilines is 1. The van der Waals surface area contributed by atoms with E-state index in [1.165, 1.54) is 42.5 Å². The SMILES string of the molecule is O=C(Cc1c[nH]c2ccccc12)NNC(=O)c1ccc(NS(=O)(=O)c2cccc([N+](=O)[O-])c2)cc1. The van der Waals surface area contributed by atoms with Gasteiger partial charge in [0.15, 0.2) is 0 Å². The molecule has 0 aliphatic heterocycles. The van der Waals surface area contributed by atoms with E-state index in [-0.39, 0.29) is 28.3 Å². The zero-order valence-electron chi connectivity index (χ0n) is 18.0. The maximum Gasteiger partial charge on any atom is 0.270 e. The molecule has 0 saturated heterocycles. The Morgan fingerprint density at radius 3 is 2.43 bits per heavy atom. The van der Waals surface area contributed by atoms with Crippen LogP contribution in [0.1, 0.15) is 15.9 Å². The summed E-state index contributed by atoms with van der Waals surface area (Å²) in [6, 6.07) is 17.6. The molecular weight excluding hydrogens is 474 g/mol. The molecule has 4 rings (SSSR count). The zero-order chi connectivity index (χ0) is 25.0. The number of rotatable bonds is 7. The summed E-state index contributed by atoms with van der Waals surface area (Å²) in [5, 5.41) is 11.8. The van der Waals surface area contributed by atoms with E-state index in [1.807, 2.05) is 24.3 Å². The fraction of sp³-hybridized carbons (Fsp3) is 0.0435. The molecule has 0 atom stereocenters. The molecule has 178 valence electrons. The van der Waals surface area contributed by atoms with E-state index in [1.54, 1.807) is 6.20 Å². The van der Waals surface area contributed by atoms with Crippen LogP contribution in [0.5, 0.6) is 0 Å². The second-order valence-corrected chi connectivity index (χ2v) is 9.16. The van der Waals surface area contributed by atoms with Gasteiger partial charge in [0, 0.05) is 40.5 Å². The van der Waals surface area contributed by atoms with Crippen LogP contribution < -0.4 is 15.6 Å². The summed E-state index contributed by atoms with van der Waals surface area (Å²) in [5.74, 6) is -1.00. The quantitative estimate of drug-likeness (QED) is 0.228. The average Bonchev–Trinajstić information content (AvgIpc) is 3.25. The van der Waals surface area contributed by atoms with Crippen molar-refractivity contribution in [2.45, 2.75) is 11.3 Å². The van der Waals surface area contributed by atoms with Gasteiger partial charge in [-0.15, -0.1) is 0 Å². The van der Waals surface area contributed by atoms with Crippen molar-refractivity contribution in [1.29, 1.82) is 0 Å². The van der Waals surface area contributed by atoms with Gasteiger partial charge in [0.25, 0.3) is 21.6 Å². The molecule has 4 aromatic rings. The smallest absolute Gasteiger partial charge is 0.270 e. The molecule has 1 heterocycles. The minimum absolute atomic E-state index is 0.0582. The molecule has 35 heavy (non-hydrogen) atoms. The first kappa shape index (κ1) is 23.4. The number of para-hydroxylation sites is 1. The lowest BCUT2D eigenvalue weighted by Gasteiger charge is -2.10. The number of nitro groups is 1. The van der Waals surface area contributed by atoms with Gasteiger partial charge in [-0.05, 0) is 42.0 Å². The van der Waals surface area contributed by atoms with Crippen LogP contribution in [0.25, 0.3) is 10.9 Å². The summed E-state index contributed by atoms with van der Waals surface area (Å²) >= 11 is 0. The largest absolute Gasteiger partial charge is 0.361 e. The first-order valence-electron chi connectivity index (χ1n) is 10.2. The van der Waals surface area contributed by atoms with Crippen LogP contribution in [-0.4, -0.2) is 30.1 Å². The van der Waals surface area contributed by atoms with Gasteiger partial charge in [0.1, 0.15) is 0 Å². The summed E-state index contributed by atoms with van der Waals surface area (Å²) in [7, 11) is -4.08. The number of benzene rings is 3. The monoisotopic (exact) mass is 493 g/mol. The number of hydrogen-bond donors (Lipinski definition) is 4. The van der Waals surface area contributed by atoms with Gasteiger partial charge < -0.3 is 4.98 Å². The maximum absolute atomic E-state index is 12.5. The molecule has 4 N–H and O–H groups in total. The number of aromatic amines is 1. The summed E-state index contributed by atoms with van der Waals surface area (Å²) in [5.41, 5.74) is 6.33. The molecule has 0 radical (unpaired) electrons. The molecule has 0 unspecified atom stereocenters. The van der Waals surface area contributed by atoms with Crippen molar-refractivity contribution < 1.29 is 22.9 Å². The van der Waals surface area contributed by atoms with Crippen LogP contribution in [0, 0.1) is 10.1 Å². The first-order chi connectivity index (χ1) is 16.7. The molecule has 0 spiro atoms. The minimum Gasteiger partial charge on any atom is -0.361 e. The number of nitro benzene ring substituents is 1. The molecule has 11 nitrogen and oxygen atoms in total. The number of carbonyl (C=O) groups is 2. The lowest BCUT2D eigenvalue weighted by molar-refractivity contribution is -0.385. The second-order valence-electron chi connectivity index (χ2n) is 7.48. The second kappa shape index (κ2) is 9.65. The summed E-state index contributed by atoms with van der Waals surface area (Å²) in [4.78, 5) is 37.6. The first-order valence-corrected chi connectivity index (χ1v) is 11.7. The highest BCUT2D eigenvalue weighted by molar-refractivity contribution is 7.92. The van der Waals surface area contributed by atoms with Crippen molar-refractivity contribution in [3.63, 3.8) is 0 Å². The van der Waals surface area contributed by atoms with Crippen molar-refractivity contribution in [1.82, 2.24) is 15.8 Å². The number of non-ortho nitro benzene ring substituents is 1. The topological polar surface area (TPSA) is 163 Å². The number of sulfonamides is 1. The number of hydrogen-bond acceptors (Lipinski definition) is 6. The lowest BCUT2D eigenvalue weighted by atomic mass is 10.1. The van der Waals surface area contributed by atoms with E-state index < -0.39 is 26.8 Å². The highest BCUT2D eigenvalue weighted by Crippen LogP contribution is 2.21. The van der Waals surface area contributed by atoms with Gasteiger partial charge >= 0.3 is 0 Å². The van der Waals surface area contributed by atoms with Crippen molar-refractivity contribution >= 4 is 44.1 Å². The van der Waals surface area contributed by atoms with Crippen molar-refractivity contribution in [2.75, 3.05) is 4.72 Å². The third kappa shape index (κ3) is 5.45. The Morgan fingerprint density at radius 2 is 1.69 bits per heavy atom. The van der Waals surface area contributed by atoms with Gasteiger partial charge in [-0.2, -0.15) is 0 Å². The number of amides is 2. The Hall–Kier alpha value is -4.71. The Morgan fingerprint density at radius 1 is 0.943 bits per heavy atom. The van der Waals surface area contributed by atoms with Crippen molar-refractivity contribution in [3.05, 3.63) is 100 Å². The van der Waals surface area contributed by atoms with E-state index in [0.717, 1.165) is 22.5 Å². The molecule has 12 heteroatoms.